The Morgan fingerprint density at radius 2 is 0.500 bits per heavy atom. The molecule has 5 heterocycles. The van der Waals surface area contributed by atoms with E-state index in [1.165, 1.54) is 80.7 Å². The third-order valence-electron chi connectivity index (χ3n) is 7.78. The topological polar surface area (TPSA) is 0 Å². The number of benzene rings is 4. The van der Waals surface area contributed by atoms with Gasteiger partial charge in [-0.1, -0.05) is 72.8 Å². The van der Waals surface area contributed by atoms with Gasteiger partial charge in [0.15, 0.2) is 0 Å². The van der Waals surface area contributed by atoms with E-state index in [0.717, 1.165) is 0 Å². The molecule has 0 radical (unpaired) electrons. The molecule has 0 fully saturated rings. The summed E-state index contributed by atoms with van der Waals surface area (Å²) in [7, 11) is 0. The number of thiophene rings is 4. The van der Waals surface area contributed by atoms with Crippen molar-refractivity contribution >= 4 is 126 Å². The minimum absolute atomic E-state index is 1.29. The predicted molar refractivity (Wildman–Crippen MR) is 184 cm³/mol. The van der Waals surface area contributed by atoms with Crippen LogP contribution in [0.5, 0.6) is 0 Å². The van der Waals surface area contributed by atoms with E-state index >= 15 is 0 Å². The minimum atomic E-state index is 1.29. The normalized spacial score (nSPS) is 12.0. The van der Waals surface area contributed by atoms with Crippen molar-refractivity contribution in [3.8, 4) is 0 Å². The van der Waals surface area contributed by atoms with Crippen LogP contribution >= 0.6 is 45.3 Å². The molecule has 188 valence electrons. The number of rotatable bonds is 0. The van der Waals surface area contributed by atoms with Crippen LogP contribution in [0.25, 0.3) is 80.7 Å². The summed E-state index contributed by atoms with van der Waals surface area (Å²) < 4.78 is 10.6. The molecule has 40 heavy (non-hydrogen) atoms. The van der Waals surface area contributed by atoms with Crippen molar-refractivity contribution in [2.45, 2.75) is 0 Å². The van der Waals surface area contributed by atoms with Crippen molar-refractivity contribution in [1.29, 1.82) is 0 Å². The molecule has 0 N–H and O–H groups in total. The lowest BCUT2D eigenvalue weighted by molar-refractivity contribution is 1.83. The molecular formula is C36H20S4. The Balaban J connectivity index is 1.55. The van der Waals surface area contributed by atoms with Crippen LogP contribution in [-0.4, -0.2) is 0 Å². The first-order chi connectivity index (χ1) is 19.8. The van der Waals surface area contributed by atoms with Gasteiger partial charge in [-0.3, -0.25) is 0 Å². The zero-order valence-corrected chi connectivity index (χ0v) is 24.4. The lowest BCUT2D eigenvalue weighted by atomic mass is 10.0. The Hall–Kier alpha value is -3.80. The van der Waals surface area contributed by atoms with Gasteiger partial charge in [-0.15, -0.1) is 45.3 Å². The van der Waals surface area contributed by atoms with Gasteiger partial charge in [0.05, 0.1) is 0 Å². The fourth-order valence-electron chi connectivity index (χ4n) is 5.96. The van der Waals surface area contributed by atoms with Gasteiger partial charge in [-0.25, -0.2) is 0 Å². The molecule has 0 aliphatic carbocycles. The van der Waals surface area contributed by atoms with Gasteiger partial charge in [0.1, 0.15) is 0 Å². The Morgan fingerprint density at radius 3 is 0.775 bits per heavy atom. The molecule has 5 aromatic heterocycles. The van der Waals surface area contributed by atoms with Crippen molar-refractivity contribution in [3.63, 3.8) is 0 Å². The van der Waals surface area contributed by atoms with Crippen molar-refractivity contribution in [1.82, 2.24) is 0 Å². The lowest BCUT2D eigenvalue weighted by Gasteiger charge is -2.03. The fourth-order valence-corrected chi connectivity index (χ4v) is 10.3. The second-order valence-corrected chi connectivity index (χ2v) is 14.4. The van der Waals surface area contributed by atoms with E-state index in [1.807, 2.05) is 45.3 Å². The molecule has 0 nitrogen and oxygen atoms in total. The number of hydrogen-bond donors (Lipinski definition) is 0. The number of fused-ring (bicyclic) bond motifs is 14. The smallest absolute Gasteiger partial charge is 0.0449 e. The minimum Gasteiger partial charge on any atom is -0.134 e. The SMILES string of the molecule is c1cc2cccc3c4ccc(s4)c4ccc(s4)c4cccc5cccc(c6ccc(s6)c6ccc(s6)c(c1)c23)c54. The molecule has 9 rings (SSSR count). The second kappa shape index (κ2) is 8.85. The molecule has 9 aromatic rings. The van der Waals surface area contributed by atoms with E-state index in [0.29, 0.717) is 0 Å². The highest BCUT2D eigenvalue weighted by molar-refractivity contribution is 7.32. The molecule has 0 aliphatic heterocycles. The van der Waals surface area contributed by atoms with E-state index in [1.54, 1.807) is 0 Å². The van der Waals surface area contributed by atoms with Gasteiger partial charge in [-0.05, 0) is 70.1 Å². The van der Waals surface area contributed by atoms with Crippen LogP contribution in [-0.2, 0) is 0 Å². The fraction of sp³-hybridized carbons (Fsp3) is 0. The maximum atomic E-state index is 2.31. The lowest BCUT2D eigenvalue weighted by Crippen LogP contribution is -1.75. The highest BCUT2D eigenvalue weighted by atomic mass is 32.1. The summed E-state index contributed by atoms with van der Waals surface area (Å²) in [4.78, 5) is 0. The van der Waals surface area contributed by atoms with Gasteiger partial charge in [-0.2, -0.15) is 0 Å². The standard InChI is InChI=1S/C36H20S4/c1-5-21-6-2-10-24-28-14-18-33(38-28)34-20-16-30(40-34)26-12-4-8-22-7-3-11-25(36(22)26)29-15-19-32(39-29)31-17-13-27(37-31)23(9-1)35(21)24/h1-20H. The van der Waals surface area contributed by atoms with E-state index in [-0.39, 0.29) is 0 Å². The van der Waals surface area contributed by atoms with Crippen LogP contribution in [0, 0.1) is 0 Å². The molecular weight excluding hydrogens is 561 g/mol. The van der Waals surface area contributed by atoms with Crippen LogP contribution in [0.3, 0.4) is 0 Å². The molecule has 4 heteroatoms. The summed E-state index contributed by atoms with van der Waals surface area (Å²) >= 11 is 7.59. The first kappa shape index (κ1) is 23.0. The zero-order valence-electron chi connectivity index (χ0n) is 21.2. The molecule has 0 amide bonds. The van der Waals surface area contributed by atoms with E-state index < -0.39 is 0 Å². The largest absolute Gasteiger partial charge is 0.134 e. The van der Waals surface area contributed by atoms with Gasteiger partial charge >= 0.3 is 0 Å². The molecule has 0 aliphatic rings. The molecule has 4 aromatic carbocycles. The van der Waals surface area contributed by atoms with Crippen molar-refractivity contribution in [3.05, 3.63) is 121 Å². The first-order valence-electron chi connectivity index (χ1n) is 13.3. The van der Waals surface area contributed by atoms with Crippen LogP contribution in [0.15, 0.2) is 121 Å². The van der Waals surface area contributed by atoms with E-state index in [9.17, 15) is 0 Å². The van der Waals surface area contributed by atoms with Crippen molar-refractivity contribution in [2.75, 3.05) is 0 Å². The van der Waals surface area contributed by atoms with Crippen molar-refractivity contribution in [2.24, 2.45) is 0 Å². The maximum absolute atomic E-state index is 2.31. The monoisotopic (exact) mass is 580 g/mol. The quantitative estimate of drug-likeness (QED) is 0.167. The average molecular weight is 581 g/mol. The van der Waals surface area contributed by atoms with Crippen LogP contribution in [0.1, 0.15) is 0 Å². The predicted octanol–water partition coefficient (Wildman–Crippen LogP) is 12.8. The zero-order chi connectivity index (χ0) is 26.2. The first-order valence-corrected chi connectivity index (χ1v) is 16.5. The van der Waals surface area contributed by atoms with Crippen LogP contribution < -0.4 is 0 Å². The Morgan fingerprint density at radius 1 is 0.250 bits per heavy atom. The van der Waals surface area contributed by atoms with Crippen LogP contribution in [0.2, 0.25) is 0 Å². The third kappa shape index (κ3) is 3.47. The van der Waals surface area contributed by atoms with Gasteiger partial charge in [0.25, 0.3) is 0 Å². The van der Waals surface area contributed by atoms with Crippen LogP contribution in [0.4, 0.5) is 0 Å². The third-order valence-corrected chi connectivity index (χ3v) is 12.6. The Kier molecular flexibility index (Phi) is 5.08. The summed E-state index contributed by atoms with van der Waals surface area (Å²) in [5.41, 5.74) is 0. The van der Waals surface area contributed by atoms with Crippen molar-refractivity contribution < 1.29 is 0 Å². The van der Waals surface area contributed by atoms with E-state index in [4.69, 9.17) is 0 Å². The Bertz CT molecular complexity index is 2200. The highest BCUT2D eigenvalue weighted by Gasteiger charge is 2.09. The van der Waals surface area contributed by atoms with Gasteiger partial charge in [0, 0.05) is 59.1 Å². The second-order valence-electron chi connectivity index (χ2n) is 10.1. The summed E-state index contributed by atoms with van der Waals surface area (Å²) in [6.45, 7) is 0. The van der Waals surface area contributed by atoms with Gasteiger partial charge < -0.3 is 0 Å². The summed E-state index contributed by atoms with van der Waals surface area (Å²) in [6.07, 6.45) is 0. The molecule has 0 atom stereocenters. The summed E-state index contributed by atoms with van der Waals surface area (Å²) in [6, 6.07) is 45.3. The molecule has 8 bridgehead atoms. The average Bonchev–Trinajstić information content (AvgIpc) is 3.81. The Labute approximate surface area is 246 Å². The maximum Gasteiger partial charge on any atom is 0.0449 e. The molecule has 0 unspecified atom stereocenters. The summed E-state index contributed by atoms with van der Waals surface area (Å²) in [5.74, 6) is 0. The number of hydrogen-bond acceptors (Lipinski definition) is 4. The molecule has 0 saturated heterocycles. The summed E-state index contributed by atoms with van der Waals surface area (Å²) in [5, 5.41) is 10.5. The molecule has 0 saturated carbocycles. The highest BCUT2D eigenvalue weighted by Crippen LogP contribution is 2.40. The van der Waals surface area contributed by atoms with Gasteiger partial charge in [0.2, 0.25) is 0 Å². The van der Waals surface area contributed by atoms with E-state index in [2.05, 4.69) is 121 Å². The molecule has 0 spiro atoms.